The molecule has 0 radical (unpaired) electrons. The standard InChI is InChI=1S/C12H17N3O2S/c1-12(17)5-3-4-9(12)14-10-8(7-16)6-13-11(15-10)18-2/h6-7,9,17H,3-5H2,1-2H3,(H,13,14,15). The first kappa shape index (κ1) is 13.3. The fourth-order valence-corrected chi connectivity index (χ4v) is 2.56. The fraction of sp³-hybridized carbons (Fsp3) is 0.583. The van der Waals surface area contributed by atoms with Crippen molar-refractivity contribution in [3.8, 4) is 0 Å². The zero-order valence-electron chi connectivity index (χ0n) is 10.5. The Morgan fingerprint density at radius 3 is 3.00 bits per heavy atom. The van der Waals surface area contributed by atoms with Gasteiger partial charge in [-0.25, -0.2) is 9.97 Å². The van der Waals surface area contributed by atoms with Crippen LogP contribution in [0, 0.1) is 0 Å². The maximum Gasteiger partial charge on any atom is 0.189 e. The lowest BCUT2D eigenvalue weighted by molar-refractivity contribution is 0.0577. The smallest absolute Gasteiger partial charge is 0.189 e. The molecule has 1 aromatic heterocycles. The summed E-state index contributed by atoms with van der Waals surface area (Å²) >= 11 is 1.42. The third kappa shape index (κ3) is 2.64. The van der Waals surface area contributed by atoms with Crippen LogP contribution < -0.4 is 5.32 Å². The Morgan fingerprint density at radius 2 is 2.44 bits per heavy atom. The number of hydrogen-bond donors (Lipinski definition) is 2. The molecule has 1 fully saturated rings. The summed E-state index contributed by atoms with van der Waals surface area (Å²) in [7, 11) is 0. The van der Waals surface area contributed by atoms with Gasteiger partial charge in [0.25, 0.3) is 0 Å². The van der Waals surface area contributed by atoms with Crippen LogP contribution in [0.2, 0.25) is 0 Å². The van der Waals surface area contributed by atoms with Crippen LogP contribution >= 0.6 is 11.8 Å². The second-order valence-electron chi connectivity index (χ2n) is 4.72. The average molecular weight is 267 g/mol. The van der Waals surface area contributed by atoms with Gasteiger partial charge in [0.15, 0.2) is 11.4 Å². The molecular formula is C12H17N3O2S. The number of nitrogens with one attached hydrogen (secondary N) is 1. The molecule has 0 bridgehead atoms. The van der Waals surface area contributed by atoms with Crippen molar-refractivity contribution in [3.05, 3.63) is 11.8 Å². The molecule has 1 aliphatic rings. The van der Waals surface area contributed by atoms with E-state index >= 15 is 0 Å². The molecule has 0 amide bonds. The Kier molecular flexibility index (Phi) is 3.87. The molecule has 5 nitrogen and oxygen atoms in total. The quantitative estimate of drug-likeness (QED) is 0.491. The maximum absolute atomic E-state index is 11.0. The van der Waals surface area contributed by atoms with Gasteiger partial charge in [-0.05, 0) is 32.4 Å². The van der Waals surface area contributed by atoms with E-state index < -0.39 is 5.60 Å². The van der Waals surface area contributed by atoms with E-state index in [1.54, 1.807) is 0 Å². The average Bonchev–Trinajstić information content (AvgIpc) is 2.68. The van der Waals surface area contributed by atoms with Gasteiger partial charge < -0.3 is 10.4 Å². The van der Waals surface area contributed by atoms with E-state index in [0.29, 0.717) is 16.5 Å². The number of aliphatic hydroxyl groups is 1. The monoisotopic (exact) mass is 267 g/mol. The number of aromatic nitrogens is 2. The van der Waals surface area contributed by atoms with Crippen molar-refractivity contribution in [2.45, 2.75) is 43.0 Å². The normalized spacial score (nSPS) is 27.2. The summed E-state index contributed by atoms with van der Waals surface area (Å²) in [6.45, 7) is 1.81. The number of nitrogens with zero attached hydrogens (tertiary/aromatic N) is 2. The van der Waals surface area contributed by atoms with Crippen LogP contribution in [-0.2, 0) is 0 Å². The zero-order valence-corrected chi connectivity index (χ0v) is 11.3. The third-order valence-corrected chi connectivity index (χ3v) is 3.90. The summed E-state index contributed by atoms with van der Waals surface area (Å²) in [5, 5.41) is 14.0. The van der Waals surface area contributed by atoms with Crippen LogP contribution in [0.15, 0.2) is 11.4 Å². The molecule has 2 N–H and O–H groups in total. The molecule has 1 heterocycles. The molecule has 18 heavy (non-hydrogen) atoms. The minimum absolute atomic E-state index is 0.0687. The van der Waals surface area contributed by atoms with Crippen molar-refractivity contribution in [2.75, 3.05) is 11.6 Å². The van der Waals surface area contributed by atoms with Crippen LogP contribution in [0.1, 0.15) is 36.5 Å². The summed E-state index contributed by atoms with van der Waals surface area (Å²) in [4.78, 5) is 19.3. The Morgan fingerprint density at radius 1 is 1.67 bits per heavy atom. The van der Waals surface area contributed by atoms with Crippen LogP contribution in [0.5, 0.6) is 0 Å². The molecule has 6 heteroatoms. The Bertz CT molecular complexity index is 451. The van der Waals surface area contributed by atoms with Crippen molar-refractivity contribution in [3.63, 3.8) is 0 Å². The van der Waals surface area contributed by atoms with Gasteiger partial charge in [-0.3, -0.25) is 4.79 Å². The van der Waals surface area contributed by atoms with E-state index in [1.807, 2.05) is 13.2 Å². The second-order valence-corrected chi connectivity index (χ2v) is 5.50. The summed E-state index contributed by atoms with van der Waals surface area (Å²) in [6, 6.07) is -0.0687. The molecule has 2 atom stereocenters. The summed E-state index contributed by atoms with van der Waals surface area (Å²) in [6.07, 6.45) is 6.74. The molecule has 2 rings (SSSR count). The van der Waals surface area contributed by atoms with E-state index in [1.165, 1.54) is 18.0 Å². The van der Waals surface area contributed by atoms with Gasteiger partial charge in [-0.1, -0.05) is 11.8 Å². The molecule has 2 unspecified atom stereocenters. The van der Waals surface area contributed by atoms with Crippen LogP contribution in [-0.4, -0.2) is 39.3 Å². The van der Waals surface area contributed by atoms with Crippen molar-refractivity contribution < 1.29 is 9.90 Å². The maximum atomic E-state index is 11.0. The highest BCUT2D eigenvalue weighted by Gasteiger charge is 2.37. The number of hydrogen-bond acceptors (Lipinski definition) is 6. The van der Waals surface area contributed by atoms with Gasteiger partial charge >= 0.3 is 0 Å². The first-order chi connectivity index (χ1) is 8.56. The third-order valence-electron chi connectivity index (χ3n) is 3.34. The molecular weight excluding hydrogens is 250 g/mol. The molecule has 0 aliphatic heterocycles. The second kappa shape index (κ2) is 5.24. The van der Waals surface area contributed by atoms with Gasteiger partial charge in [-0.2, -0.15) is 0 Å². The van der Waals surface area contributed by atoms with E-state index in [9.17, 15) is 9.90 Å². The zero-order chi connectivity index (χ0) is 13.2. The number of carbonyl (C=O) groups excluding carboxylic acids is 1. The van der Waals surface area contributed by atoms with E-state index in [4.69, 9.17) is 0 Å². The highest BCUT2D eigenvalue weighted by Crippen LogP contribution is 2.32. The fourth-order valence-electron chi connectivity index (χ4n) is 2.22. The molecule has 0 saturated heterocycles. The number of aldehydes is 1. The van der Waals surface area contributed by atoms with E-state index in [2.05, 4.69) is 15.3 Å². The van der Waals surface area contributed by atoms with E-state index in [0.717, 1.165) is 25.5 Å². The molecule has 98 valence electrons. The lowest BCUT2D eigenvalue weighted by Gasteiger charge is -2.27. The van der Waals surface area contributed by atoms with Crippen molar-refractivity contribution in [1.82, 2.24) is 9.97 Å². The predicted molar refractivity (Wildman–Crippen MR) is 71.1 cm³/mol. The highest BCUT2D eigenvalue weighted by atomic mass is 32.2. The topological polar surface area (TPSA) is 75.1 Å². The first-order valence-electron chi connectivity index (χ1n) is 5.92. The van der Waals surface area contributed by atoms with Crippen LogP contribution in [0.3, 0.4) is 0 Å². The number of thioether (sulfide) groups is 1. The summed E-state index contributed by atoms with van der Waals surface area (Å²) < 4.78 is 0. The predicted octanol–water partition coefficient (Wildman–Crippen LogP) is 1.73. The van der Waals surface area contributed by atoms with Gasteiger partial charge in [-0.15, -0.1) is 0 Å². The van der Waals surface area contributed by atoms with Gasteiger partial charge in [0.2, 0.25) is 0 Å². The molecule has 1 aliphatic carbocycles. The van der Waals surface area contributed by atoms with Crippen molar-refractivity contribution in [1.29, 1.82) is 0 Å². The Balaban J connectivity index is 2.24. The highest BCUT2D eigenvalue weighted by molar-refractivity contribution is 7.98. The van der Waals surface area contributed by atoms with E-state index in [-0.39, 0.29) is 6.04 Å². The van der Waals surface area contributed by atoms with Crippen molar-refractivity contribution in [2.24, 2.45) is 0 Å². The minimum atomic E-state index is -0.745. The van der Waals surface area contributed by atoms with Gasteiger partial charge in [0.1, 0.15) is 5.82 Å². The number of anilines is 1. The minimum Gasteiger partial charge on any atom is -0.388 e. The Labute approximate surface area is 110 Å². The van der Waals surface area contributed by atoms with Crippen LogP contribution in [0.25, 0.3) is 0 Å². The molecule has 1 aromatic rings. The lowest BCUT2D eigenvalue weighted by Crippen LogP contribution is -2.39. The first-order valence-corrected chi connectivity index (χ1v) is 7.14. The molecule has 1 saturated carbocycles. The molecule has 0 spiro atoms. The number of carbonyl (C=O) groups is 1. The van der Waals surface area contributed by atoms with Gasteiger partial charge in [0.05, 0.1) is 17.2 Å². The van der Waals surface area contributed by atoms with Crippen molar-refractivity contribution >= 4 is 23.9 Å². The molecule has 0 aromatic carbocycles. The van der Waals surface area contributed by atoms with Gasteiger partial charge in [0, 0.05) is 6.20 Å². The number of rotatable bonds is 4. The lowest BCUT2D eigenvalue weighted by atomic mass is 10.0. The largest absolute Gasteiger partial charge is 0.388 e. The van der Waals surface area contributed by atoms with Crippen LogP contribution in [0.4, 0.5) is 5.82 Å². The summed E-state index contributed by atoms with van der Waals surface area (Å²) in [5.41, 5.74) is -0.319. The summed E-state index contributed by atoms with van der Waals surface area (Å²) in [5.74, 6) is 0.511. The SMILES string of the molecule is CSc1ncc(C=O)c(NC2CCCC2(C)O)n1. The Hall–Kier alpha value is -1.14.